The predicted octanol–water partition coefficient (Wildman–Crippen LogP) is 0.826. The van der Waals surface area contributed by atoms with Gasteiger partial charge in [-0.1, -0.05) is 6.92 Å². The van der Waals surface area contributed by atoms with Crippen molar-refractivity contribution < 1.29 is 4.79 Å². The highest BCUT2D eigenvalue weighted by atomic mass is 16.1. The van der Waals surface area contributed by atoms with Crippen molar-refractivity contribution in [2.45, 2.75) is 26.3 Å². The Bertz CT molecular complexity index is 230. The molecule has 0 aliphatic carbocycles. The molecule has 1 rings (SSSR count). The summed E-state index contributed by atoms with van der Waals surface area (Å²) in [6.07, 6.45) is 4.77. The zero-order valence-corrected chi connectivity index (χ0v) is 7.13. The molecule has 0 spiro atoms. The fraction of sp³-hybridized carbons (Fsp3) is 0.500. The molecule has 1 aromatic rings. The van der Waals surface area contributed by atoms with Crippen molar-refractivity contribution >= 4 is 5.91 Å². The summed E-state index contributed by atoms with van der Waals surface area (Å²) < 4.78 is 0. The third-order valence-corrected chi connectivity index (χ3v) is 1.51. The summed E-state index contributed by atoms with van der Waals surface area (Å²) in [5, 5.41) is 2.78. The van der Waals surface area contributed by atoms with Gasteiger partial charge < -0.3 is 10.3 Å². The van der Waals surface area contributed by atoms with Crippen LogP contribution in [0.4, 0.5) is 0 Å². The standard InChI is InChI=1S/C8H13N3O/c1-2-3-8(12)10-5-7-4-9-6-11-7/h4,6H,2-3,5H2,1H3,(H,9,11)(H,10,12). The first kappa shape index (κ1) is 8.77. The predicted molar refractivity (Wildman–Crippen MR) is 45.3 cm³/mol. The van der Waals surface area contributed by atoms with Gasteiger partial charge in [0.05, 0.1) is 18.6 Å². The Labute approximate surface area is 71.4 Å². The Morgan fingerprint density at radius 2 is 2.58 bits per heavy atom. The molecule has 1 amide bonds. The second-order valence-electron chi connectivity index (χ2n) is 2.60. The minimum absolute atomic E-state index is 0.0899. The number of hydrogen-bond donors (Lipinski definition) is 2. The van der Waals surface area contributed by atoms with Crippen LogP contribution in [0.1, 0.15) is 25.5 Å². The van der Waals surface area contributed by atoms with Crippen molar-refractivity contribution in [3.8, 4) is 0 Å². The van der Waals surface area contributed by atoms with Crippen molar-refractivity contribution in [3.05, 3.63) is 18.2 Å². The summed E-state index contributed by atoms with van der Waals surface area (Å²) in [7, 11) is 0. The Hall–Kier alpha value is -1.32. The normalized spacial score (nSPS) is 9.75. The fourth-order valence-electron chi connectivity index (χ4n) is 0.891. The summed E-state index contributed by atoms with van der Waals surface area (Å²) in [5.74, 6) is 0.0899. The van der Waals surface area contributed by atoms with E-state index in [4.69, 9.17) is 0 Å². The van der Waals surface area contributed by atoms with Crippen molar-refractivity contribution in [2.24, 2.45) is 0 Å². The lowest BCUT2D eigenvalue weighted by Gasteiger charge is -2.00. The molecule has 0 radical (unpaired) electrons. The molecule has 0 saturated heterocycles. The molecule has 0 saturated carbocycles. The summed E-state index contributed by atoms with van der Waals surface area (Å²) >= 11 is 0. The summed E-state index contributed by atoms with van der Waals surface area (Å²) in [5.41, 5.74) is 0.930. The average molecular weight is 167 g/mol. The third kappa shape index (κ3) is 2.74. The molecule has 1 aromatic heterocycles. The minimum atomic E-state index is 0.0899. The van der Waals surface area contributed by atoms with Crippen molar-refractivity contribution in [1.82, 2.24) is 15.3 Å². The molecule has 12 heavy (non-hydrogen) atoms. The molecule has 2 N–H and O–H groups in total. The van der Waals surface area contributed by atoms with E-state index in [1.165, 1.54) is 0 Å². The van der Waals surface area contributed by atoms with Gasteiger partial charge in [0.15, 0.2) is 0 Å². The van der Waals surface area contributed by atoms with Gasteiger partial charge in [-0.05, 0) is 6.42 Å². The molecule has 0 aliphatic heterocycles. The van der Waals surface area contributed by atoms with Crippen LogP contribution in [0.5, 0.6) is 0 Å². The maximum Gasteiger partial charge on any atom is 0.220 e. The third-order valence-electron chi connectivity index (χ3n) is 1.51. The van der Waals surface area contributed by atoms with E-state index in [1.54, 1.807) is 12.5 Å². The van der Waals surface area contributed by atoms with Gasteiger partial charge in [0.1, 0.15) is 0 Å². The number of carbonyl (C=O) groups is 1. The van der Waals surface area contributed by atoms with Gasteiger partial charge in [-0.2, -0.15) is 0 Å². The molecule has 1 heterocycles. The van der Waals surface area contributed by atoms with Gasteiger partial charge in [0.2, 0.25) is 5.91 Å². The van der Waals surface area contributed by atoms with Crippen LogP contribution in [0.2, 0.25) is 0 Å². The Morgan fingerprint density at radius 1 is 1.75 bits per heavy atom. The summed E-state index contributed by atoms with van der Waals surface area (Å²) in [4.78, 5) is 17.7. The number of aromatic amines is 1. The number of H-pyrrole nitrogens is 1. The Kier molecular flexibility index (Phi) is 3.32. The monoisotopic (exact) mass is 167 g/mol. The summed E-state index contributed by atoms with van der Waals surface area (Å²) in [6, 6.07) is 0. The molecule has 0 bridgehead atoms. The summed E-state index contributed by atoms with van der Waals surface area (Å²) in [6.45, 7) is 2.52. The maximum atomic E-state index is 11.0. The number of carbonyl (C=O) groups excluding carboxylic acids is 1. The molecular weight excluding hydrogens is 154 g/mol. The molecule has 66 valence electrons. The van der Waals surface area contributed by atoms with Crippen LogP contribution < -0.4 is 5.32 Å². The second-order valence-corrected chi connectivity index (χ2v) is 2.60. The van der Waals surface area contributed by atoms with E-state index in [9.17, 15) is 4.79 Å². The highest BCUT2D eigenvalue weighted by molar-refractivity contribution is 5.75. The van der Waals surface area contributed by atoms with Crippen LogP contribution in [0.25, 0.3) is 0 Å². The highest BCUT2D eigenvalue weighted by Crippen LogP contribution is 1.91. The molecular formula is C8H13N3O. The first-order chi connectivity index (χ1) is 5.83. The van der Waals surface area contributed by atoms with E-state index in [-0.39, 0.29) is 5.91 Å². The van der Waals surface area contributed by atoms with Crippen LogP contribution >= 0.6 is 0 Å². The lowest BCUT2D eigenvalue weighted by Crippen LogP contribution is -2.22. The van der Waals surface area contributed by atoms with E-state index in [0.717, 1.165) is 12.1 Å². The van der Waals surface area contributed by atoms with Crippen LogP contribution in [0, 0.1) is 0 Å². The van der Waals surface area contributed by atoms with Crippen LogP contribution in [0.15, 0.2) is 12.5 Å². The van der Waals surface area contributed by atoms with Crippen LogP contribution in [-0.2, 0) is 11.3 Å². The molecule has 0 aliphatic rings. The van der Waals surface area contributed by atoms with Crippen molar-refractivity contribution in [2.75, 3.05) is 0 Å². The van der Waals surface area contributed by atoms with Gasteiger partial charge in [0.25, 0.3) is 0 Å². The van der Waals surface area contributed by atoms with E-state index < -0.39 is 0 Å². The molecule has 4 nitrogen and oxygen atoms in total. The lowest BCUT2D eigenvalue weighted by atomic mass is 10.3. The number of rotatable bonds is 4. The van der Waals surface area contributed by atoms with Crippen LogP contribution in [-0.4, -0.2) is 15.9 Å². The number of nitrogens with one attached hydrogen (secondary N) is 2. The molecule has 0 aromatic carbocycles. The van der Waals surface area contributed by atoms with Crippen LogP contribution in [0.3, 0.4) is 0 Å². The zero-order chi connectivity index (χ0) is 8.81. The largest absolute Gasteiger partial charge is 0.350 e. The smallest absolute Gasteiger partial charge is 0.220 e. The first-order valence-corrected chi connectivity index (χ1v) is 4.07. The van der Waals surface area contributed by atoms with Gasteiger partial charge in [-0.3, -0.25) is 4.79 Å². The number of hydrogen-bond acceptors (Lipinski definition) is 2. The minimum Gasteiger partial charge on any atom is -0.350 e. The zero-order valence-electron chi connectivity index (χ0n) is 7.13. The average Bonchev–Trinajstić information content (AvgIpc) is 2.53. The second kappa shape index (κ2) is 4.54. The maximum absolute atomic E-state index is 11.0. The highest BCUT2D eigenvalue weighted by Gasteiger charge is 1.98. The van der Waals surface area contributed by atoms with Gasteiger partial charge in [-0.15, -0.1) is 0 Å². The van der Waals surface area contributed by atoms with E-state index in [2.05, 4.69) is 15.3 Å². The number of nitrogens with zero attached hydrogens (tertiary/aromatic N) is 1. The molecule has 0 fully saturated rings. The number of amides is 1. The number of imidazole rings is 1. The molecule has 0 atom stereocenters. The lowest BCUT2D eigenvalue weighted by molar-refractivity contribution is -0.121. The quantitative estimate of drug-likeness (QED) is 0.697. The van der Waals surface area contributed by atoms with E-state index >= 15 is 0 Å². The Balaban J connectivity index is 2.22. The van der Waals surface area contributed by atoms with E-state index in [0.29, 0.717) is 13.0 Å². The topological polar surface area (TPSA) is 57.8 Å². The fourth-order valence-corrected chi connectivity index (χ4v) is 0.891. The van der Waals surface area contributed by atoms with Gasteiger partial charge >= 0.3 is 0 Å². The number of aromatic nitrogens is 2. The Morgan fingerprint density at radius 3 is 3.17 bits per heavy atom. The first-order valence-electron chi connectivity index (χ1n) is 4.07. The van der Waals surface area contributed by atoms with E-state index in [1.807, 2.05) is 6.92 Å². The molecule has 0 unspecified atom stereocenters. The molecule has 4 heteroatoms. The van der Waals surface area contributed by atoms with Crippen molar-refractivity contribution in [3.63, 3.8) is 0 Å². The van der Waals surface area contributed by atoms with Gasteiger partial charge in [0, 0.05) is 12.6 Å². The van der Waals surface area contributed by atoms with Gasteiger partial charge in [-0.25, -0.2) is 4.98 Å². The van der Waals surface area contributed by atoms with Crippen molar-refractivity contribution in [1.29, 1.82) is 0 Å². The SMILES string of the molecule is CCCC(=O)NCc1cnc[nH]1.